The van der Waals surface area contributed by atoms with E-state index in [1.54, 1.807) is 12.3 Å². The first-order valence-corrected chi connectivity index (χ1v) is 14.0. The van der Waals surface area contributed by atoms with Gasteiger partial charge in [-0.1, -0.05) is 25.0 Å². The van der Waals surface area contributed by atoms with E-state index in [2.05, 4.69) is 20.9 Å². The molecule has 1 saturated heterocycles. The van der Waals surface area contributed by atoms with E-state index in [9.17, 15) is 23.2 Å². The van der Waals surface area contributed by atoms with Gasteiger partial charge in [0.1, 0.15) is 24.0 Å². The van der Waals surface area contributed by atoms with Gasteiger partial charge in [0.05, 0.1) is 17.0 Å². The monoisotopic (exact) mass is 593 g/mol. The molecule has 7 rings (SSSR count). The Labute approximate surface area is 247 Å². The average Bonchev–Trinajstić information content (AvgIpc) is 3.63. The third-order valence-corrected chi connectivity index (χ3v) is 9.19. The minimum atomic E-state index is -0.752. The largest absolute Gasteiger partial charge is 0.325 e. The summed E-state index contributed by atoms with van der Waals surface area (Å²) in [5.74, 6) is -1.58. The highest BCUT2D eigenvalue weighted by atomic mass is 35.5. The molecule has 3 aromatic rings. The van der Waals surface area contributed by atoms with Crippen LogP contribution in [0.3, 0.4) is 0 Å². The summed E-state index contributed by atoms with van der Waals surface area (Å²) in [6.45, 7) is 0.0365. The molecule has 4 aliphatic rings. The molecule has 3 heterocycles. The number of hydrogen-bond donors (Lipinski definition) is 3. The van der Waals surface area contributed by atoms with Crippen LogP contribution < -0.4 is 16.0 Å². The minimum absolute atomic E-state index is 0. The molecule has 2 aromatic carbocycles. The second-order valence-electron chi connectivity index (χ2n) is 11.6. The Hall–Kier alpha value is -3.89. The number of nitrogens with one attached hydrogen (secondary N) is 3. The number of carbonyl (C=O) groups is 3. The fourth-order valence-corrected chi connectivity index (χ4v) is 7.21. The van der Waals surface area contributed by atoms with Gasteiger partial charge in [-0.15, -0.1) is 12.4 Å². The lowest BCUT2D eigenvalue weighted by Crippen LogP contribution is -2.64. The molecule has 2 spiro atoms. The number of hydrogen-bond acceptors (Lipinski definition) is 5. The van der Waals surface area contributed by atoms with E-state index in [0.717, 1.165) is 35.6 Å². The number of aromatic nitrogens is 1. The zero-order valence-electron chi connectivity index (χ0n) is 22.7. The van der Waals surface area contributed by atoms with Crippen molar-refractivity contribution in [2.45, 2.75) is 55.5 Å². The molecular weight excluding hydrogens is 564 g/mol. The molecule has 8 nitrogen and oxygen atoms in total. The van der Waals surface area contributed by atoms with Crippen LogP contribution in [0.25, 0.3) is 0 Å². The lowest BCUT2D eigenvalue weighted by Gasteiger charge is -2.45. The molecule has 218 valence electrons. The van der Waals surface area contributed by atoms with Crippen molar-refractivity contribution in [1.82, 2.24) is 15.2 Å². The van der Waals surface area contributed by atoms with Crippen molar-refractivity contribution >= 4 is 41.6 Å². The Kier molecular flexibility index (Phi) is 7.01. The summed E-state index contributed by atoms with van der Waals surface area (Å²) in [6, 6.07) is 11.9. The van der Waals surface area contributed by atoms with Crippen LogP contribution in [0.1, 0.15) is 54.0 Å². The minimum Gasteiger partial charge on any atom is -0.325 e. The maximum Gasteiger partial charge on any atom is 0.244 e. The number of pyridine rings is 1. The molecule has 2 atom stereocenters. The van der Waals surface area contributed by atoms with Crippen molar-refractivity contribution < 1.29 is 23.2 Å². The Morgan fingerprint density at radius 1 is 1.02 bits per heavy atom. The van der Waals surface area contributed by atoms with E-state index in [4.69, 9.17) is 0 Å². The standard InChI is InChI=1S/C31H29F2N5O3.ClH/c32-21-10-19(11-22(33)13-21)25-16-35-31(7-1-2-8-31)29(41)38(25)17-26(39)36-23-6-5-18-14-30(15-20(18)12-23)24-4-3-9-34-27(24)37-28(30)40;/h3-6,9-13,25,35H,1-2,7-8,14-17H2,(H,36,39)(H,34,37,40);1H/t25?,30-;/m1./s1. The molecule has 3 N–H and O–H groups in total. The average molecular weight is 594 g/mol. The number of rotatable bonds is 4. The fraction of sp³-hybridized carbons (Fsp3) is 0.355. The summed E-state index contributed by atoms with van der Waals surface area (Å²) in [5, 5.41) is 9.15. The highest BCUT2D eigenvalue weighted by Gasteiger charge is 2.51. The molecule has 2 aliphatic heterocycles. The third-order valence-electron chi connectivity index (χ3n) is 9.19. The van der Waals surface area contributed by atoms with Gasteiger partial charge >= 0.3 is 0 Å². The van der Waals surface area contributed by atoms with E-state index in [1.165, 1.54) is 17.0 Å². The Morgan fingerprint density at radius 3 is 2.52 bits per heavy atom. The van der Waals surface area contributed by atoms with Gasteiger partial charge in [0.25, 0.3) is 0 Å². The molecule has 1 unspecified atom stereocenters. The van der Waals surface area contributed by atoms with Gasteiger partial charge in [0, 0.05) is 30.1 Å². The van der Waals surface area contributed by atoms with Gasteiger partial charge in [-0.25, -0.2) is 13.8 Å². The quantitative estimate of drug-likeness (QED) is 0.421. The van der Waals surface area contributed by atoms with E-state index in [1.807, 2.05) is 24.3 Å². The van der Waals surface area contributed by atoms with Crippen LogP contribution in [0, 0.1) is 11.6 Å². The molecule has 2 fully saturated rings. The second-order valence-corrected chi connectivity index (χ2v) is 11.6. The second kappa shape index (κ2) is 10.4. The van der Waals surface area contributed by atoms with Gasteiger partial charge in [0.15, 0.2) is 0 Å². The van der Waals surface area contributed by atoms with Crippen LogP contribution >= 0.6 is 12.4 Å². The van der Waals surface area contributed by atoms with Crippen molar-refractivity contribution in [3.63, 3.8) is 0 Å². The van der Waals surface area contributed by atoms with Gasteiger partial charge in [-0.05, 0) is 72.7 Å². The molecule has 0 bridgehead atoms. The first-order valence-electron chi connectivity index (χ1n) is 14.0. The molecule has 1 aromatic heterocycles. The zero-order chi connectivity index (χ0) is 28.4. The lowest BCUT2D eigenvalue weighted by atomic mass is 9.79. The summed E-state index contributed by atoms with van der Waals surface area (Å²) in [6.07, 6.45) is 5.80. The smallest absolute Gasteiger partial charge is 0.244 e. The van der Waals surface area contributed by atoms with Gasteiger partial charge < -0.3 is 20.9 Å². The number of carbonyl (C=O) groups excluding carboxylic acids is 3. The van der Waals surface area contributed by atoms with Crippen LogP contribution in [0.15, 0.2) is 54.7 Å². The predicted molar refractivity (Wildman–Crippen MR) is 154 cm³/mol. The Morgan fingerprint density at radius 2 is 1.76 bits per heavy atom. The van der Waals surface area contributed by atoms with E-state index < -0.39 is 34.5 Å². The molecule has 0 radical (unpaired) electrons. The van der Waals surface area contributed by atoms with E-state index in [0.29, 0.717) is 49.3 Å². The number of fused-ring (bicyclic) bond motifs is 3. The van der Waals surface area contributed by atoms with E-state index >= 15 is 0 Å². The summed E-state index contributed by atoms with van der Waals surface area (Å²) in [7, 11) is 0. The fourth-order valence-electron chi connectivity index (χ4n) is 7.21. The van der Waals surface area contributed by atoms with Gasteiger partial charge in [-0.2, -0.15) is 0 Å². The van der Waals surface area contributed by atoms with Crippen molar-refractivity contribution in [3.8, 4) is 0 Å². The third kappa shape index (κ3) is 4.53. The number of anilines is 2. The van der Waals surface area contributed by atoms with Crippen LogP contribution in [-0.4, -0.2) is 46.2 Å². The van der Waals surface area contributed by atoms with Gasteiger partial charge in [0.2, 0.25) is 17.7 Å². The topological polar surface area (TPSA) is 103 Å². The maximum absolute atomic E-state index is 14.1. The summed E-state index contributed by atoms with van der Waals surface area (Å²) >= 11 is 0. The summed E-state index contributed by atoms with van der Waals surface area (Å²) in [5.41, 5.74) is 2.26. The molecule has 1 saturated carbocycles. The van der Waals surface area contributed by atoms with Crippen molar-refractivity contribution in [2.24, 2.45) is 0 Å². The highest BCUT2D eigenvalue weighted by molar-refractivity contribution is 6.06. The maximum atomic E-state index is 14.1. The van der Waals surface area contributed by atoms with Crippen LogP contribution in [-0.2, 0) is 32.6 Å². The number of benzene rings is 2. The summed E-state index contributed by atoms with van der Waals surface area (Å²) in [4.78, 5) is 45.9. The van der Waals surface area contributed by atoms with Crippen molar-refractivity contribution in [2.75, 3.05) is 23.7 Å². The van der Waals surface area contributed by atoms with Crippen LogP contribution in [0.2, 0.25) is 0 Å². The zero-order valence-corrected chi connectivity index (χ0v) is 23.5. The lowest BCUT2D eigenvalue weighted by molar-refractivity contribution is -0.147. The summed E-state index contributed by atoms with van der Waals surface area (Å²) < 4.78 is 28.2. The normalized spacial score (nSPS) is 23.5. The molecule has 11 heteroatoms. The number of amides is 3. The number of nitrogens with zero attached hydrogens (tertiary/aromatic N) is 2. The predicted octanol–water partition coefficient (Wildman–Crippen LogP) is 4.19. The highest BCUT2D eigenvalue weighted by Crippen LogP contribution is 2.47. The molecule has 3 amide bonds. The van der Waals surface area contributed by atoms with Crippen LogP contribution in [0.4, 0.5) is 20.3 Å². The van der Waals surface area contributed by atoms with Crippen molar-refractivity contribution in [1.29, 1.82) is 0 Å². The van der Waals surface area contributed by atoms with Gasteiger partial charge in [-0.3, -0.25) is 14.4 Å². The van der Waals surface area contributed by atoms with Crippen molar-refractivity contribution in [3.05, 3.63) is 88.6 Å². The Bertz CT molecular complexity index is 1590. The molecular formula is C31H30ClF2N5O3. The van der Waals surface area contributed by atoms with Crippen LogP contribution in [0.5, 0.6) is 0 Å². The first kappa shape index (κ1) is 28.2. The molecule has 2 aliphatic carbocycles. The number of halogens is 3. The molecule has 42 heavy (non-hydrogen) atoms. The number of piperazine rings is 1. The SMILES string of the molecule is Cl.O=C(CN1C(=O)C2(CCCC2)NCC1c1cc(F)cc(F)c1)Nc1ccc2c(c1)C[C@@]1(C2)C(=O)Nc2ncccc21. The first-order chi connectivity index (χ1) is 19.8. The Balaban J connectivity index is 0.00000316. The van der Waals surface area contributed by atoms with E-state index in [-0.39, 0.29) is 30.8 Å².